The number of nitrogens with one attached hydrogen (secondary N) is 1. The molecule has 1 heterocycles. The lowest BCUT2D eigenvalue weighted by Gasteiger charge is -2.17. The minimum absolute atomic E-state index is 0.0402. The van der Waals surface area contributed by atoms with Gasteiger partial charge in [-0.15, -0.1) is 0 Å². The second kappa shape index (κ2) is 9.49. The largest absolute Gasteiger partial charge is 0.423 e. The Labute approximate surface area is 216 Å². The van der Waals surface area contributed by atoms with Gasteiger partial charge in [0.2, 0.25) is 0 Å². The van der Waals surface area contributed by atoms with Gasteiger partial charge in [-0.05, 0) is 66.4 Å². The van der Waals surface area contributed by atoms with E-state index in [-0.39, 0.29) is 10.7 Å². The van der Waals surface area contributed by atoms with E-state index in [1.165, 1.54) is 0 Å². The van der Waals surface area contributed by atoms with Crippen LogP contribution in [0.25, 0.3) is 10.8 Å². The molecule has 5 rings (SSSR count). The Bertz CT molecular complexity index is 1570. The summed E-state index contributed by atoms with van der Waals surface area (Å²) < 4.78 is 5.40. The molecule has 6 nitrogen and oxygen atoms in total. The number of hydrogen-bond acceptors (Lipinski definition) is 5. The summed E-state index contributed by atoms with van der Waals surface area (Å²) in [5, 5.41) is 4.93. The van der Waals surface area contributed by atoms with Gasteiger partial charge in [0.1, 0.15) is 16.5 Å². The predicted molar refractivity (Wildman–Crippen MR) is 141 cm³/mol. The van der Waals surface area contributed by atoms with Crippen molar-refractivity contribution in [2.75, 3.05) is 10.2 Å². The van der Waals surface area contributed by atoms with Crippen LogP contribution in [0.1, 0.15) is 15.9 Å². The number of benzene rings is 4. The van der Waals surface area contributed by atoms with Crippen LogP contribution >= 0.6 is 23.2 Å². The van der Waals surface area contributed by atoms with E-state index in [1.807, 2.05) is 37.3 Å². The molecule has 0 unspecified atom stereocenters. The monoisotopic (exact) mass is 516 g/mol. The molecule has 1 aliphatic rings. The molecule has 0 bridgehead atoms. The van der Waals surface area contributed by atoms with E-state index in [1.54, 1.807) is 54.6 Å². The van der Waals surface area contributed by atoms with Crippen LogP contribution in [0.15, 0.2) is 95.7 Å². The summed E-state index contributed by atoms with van der Waals surface area (Å²) in [4.78, 5) is 39.7. The summed E-state index contributed by atoms with van der Waals surface area (Å²) in [6.07, 6.45) is 0. The van der Waals surface area contributed by atoms with E-state index >= 15 is 0 Å². The summed E-state index contributed by atoms with van der Waals surface area (Å²) in [6, 6.07) is 24.1. The van der Waals surface area contributed by atoms with Gasteiger partial charge < -0.3 is 10.1 Å². The molecule has 0 aliphatic carbocycles. The second-order valence-corrected chi connectivity index (χ2v) is 8.92. The number of carbonyl (C=O) groups is 3. The first-order valence-electron chi connectivity index (χ1n) is 11.0. The second-order valence-electron chi connectivity index (χ2n) is 8.14. The number of carbonyl (C=O) groups excluding carboxylic acids is 3. The maximum Gasteiger partial charge on any atom is 0.343 e. The topological polar surface area (TPSA) is 75.7 Å². The van der Waals surface area contributed by atoms with Crippen molar-refractivity contribution >= 4 is 63.1 Å². The molecule has 8 heteroatoms. The number of esters is 1. The number of fused-ring (bicyclic) bond motifs is 1. The molecule has 1 N–H and O–H groups in total. The first-order chi connectivity index (χ1) is 17.3. The van der Waals surface area contributed by atoms with Crippen LogP contribution in [0, 0.1) is 6.92 Å². The number of aryl methyl sites for hydroxylation is 1. The highest BCUT2D eigenvalue weighted by atomic mass is 35.5. The smallest absolute Gasteiger partial charge is 0.343 e. The number of hydrogen-bond donors (Lipinski definition) is 1. The van der Waals surface area contributed by atoms with Crippen LogP contribution in [-0.4, -0.2) is 17.8 Å². The van der Waals surface area contributed by atoms with E-state index in [0.717, 1.165) is 21.2 Å². The van der Waals surface area contributed by atoms with E-state index in [2.05, 4.69) is 5.32 Å². The zero-order chi connectivity index (χ0) is 25.4. The van der Waals surface area contributed by atoms with Crippen LogP contribution in [0.4, 0.5) is 11.4 Å². The van der Waals surface area contributed by atoms with Crippen molar-refractivity contribution in [3.8, 4) is 5.75 Å². The third-order valence-corrected chi connectivity index (χ3v) is 6.54. The van der Waals surface area contributed by atoms with Gasteiger partial charge in [-0.25, -0.2) is 9.69 Å². The molecule has 0 fully saturated rings. The molecule has 178 valence electrons. The summed E-state index contributed by atoms with van der Waals surface area (Å²) in [5.74, 6) is -1.35. The number of ether oxygens (including phenoxy) is 1. The fourth-order valence-corrected chi connectivity index (χ4v) is 4.24. The Morgan fingerprint density at radius 3 is 2.33 bits per heavy atom. The first-order valence-corrected chi connectivity index (χ1v) is 11.7. The highest BCUT2D eigenvalue weighted by molar-refractivity contribution is 6.53. The number of halogens is 2. The van der Waals surface area contributed by atoms with E-state index in [9.17, 15) is 14.4 Å². The van der Waals surface area contributed by atoms with E-state index in [4.69, 9.17) is 27.9 Å². The minimum Gasteiger partial charge on any atom is -0.423 e. The SMILES string of the molecule is Cc1cc(OC(=O)c2ccc(NC3=C(Cl)C(=O)N(c4cccc5ccccc45)C3=O)cc2)ccc1Cl. The number of anilines is 2. The van der Waals surface area contributed by atoms with Crippen molar-refractivity contribution in [1.29, 1.82) is 0 Å². The van der Waals surface area contributed by atoms with Gasteiger partial charge in [0.05, 0.1) is 11.3 Å². The summed E-state index contributed by atoms with van der Waals surface area (Å²) in [6.45, 7) is 1.82. The predicted octanol–water partition coefficient (Wildman–Crippen LogP) is 6.46. The standard InChI is InChI=1S/C28H18Cl2N2O4/c1-16-15-20(13-14-22(16)29)36-28(35)18-9-11-19(12-10-18)31-25-24(30)26(33)32(27(25)34)23-8-4-6-17-5-2-3-7-21(17)23/h2-15,31H,1H3. The van der Waals surface area contributed by atoms with Crippen molar-refractivity contribution in [3.05, 3.63) is 112 Å². The first kappa shape index (κ1) is 23.6. The third kappa shape index (κ3) is 4.33. The molecule has 0 aromatic heterocycles. The molecular formula is C28H18Cl2N2O4. The molecule has 0 atom stereocenters. The molecule has 0 radical (unpaired) electrons. The Hall–Kier alpha value is -4.13. The normalized spacial score (nSPS) is 13.5. The fourth-order valence-electron chi connectivity index (χ4n) is 3.91. The lowest BCUT2D eigenvalue weighted by atomic mass is 10.1. The Kier molecular flexibility index (Phi) is 6.22. The number of rotatable bonds is 5. The molecule has 4 aromatic rings. The van der Waals surface area contributed by atoms with Gasteiger partial charge in [0.25, 0.3) is 11.8 Å². The van der Waals surface area contributed by atoms with Crippen LogP contribution in [0.2, 0.25) is 5.02 Å². The van der Waals surface area contributed by atoms with Crippen molar-refractivity contribution in [2.24, 2.45) is 0 Å². The number of amides is 2. The van der Waals surface area contributed by atoms with Gasteiger partial charge in [-0.1, -0.05) is 59.6 Å². The van der Waals surface area contributed by atoms with Gasteiger partial charge in [-0.2, -0.15) is 0 Å². The van der Waals surface area contributed by atoms with E-state index < -0.39 is 17.8 Å². The molecule has 4 aromatic carbocycles. The van der Waals surface area contributed by atoms with Crippen molar-refractivity contribution in [3.63, 3.8) is 0 Å². The lowest BCUT2D eigenvalue weighted by molar-refractivity contribution is -0.120. The highest BCUT2D eigenvalue weighted by Gasteiger charge is 2.39. The molecule has 36 heavy (non-hydrogen) atoms. The van der Waals surface area contributed by atoms with Crippen molar-refractivity contribution < 1.29 is 19.1 Å². The summed E-state index contributed by atoms with van der Waals surface area (Å²) in [5.41, 5.74) is 1.98. The quantitative estimate of drug-likeness (QED) is 0.187. The van der Waals surface area contributed by atoms with Crippen LogP contribution in [0.3, 0.4) is 0 Å². The van der Waals surface area contributed by atoms with Gasteiger partial charge in [-0.3, -0.25) is 9.59 Å². The zero-order valence-electron chi connectivity index (χ0n) is 18.9. The van der Waals surface area contributed by atoms with Crippen LogP contribution < -0.4 is 15.0 Å². The Balaban J connectivity index is 1.34. The van der Waals surface area contributed by atoms with E-state index in [0.29, 0.717) is 27.7 Å². The van der Waals surface area contributed by atoms with Crippen molar-refractivity contribution in [1.82, 2.24) is 0 Å². The van der Waals surface area contributed by atoms with Crippen molar-refractivity contribution in [2.45, 2.75) is 6.92 Å². The summed E-state index contributed by atoms with van der Waals surface area (Å²) >= 11 is 12.3. The van der Waals surface area contributed by atoms with Crippen LogP contribution in [-0.2, 0) is 9.59 Å². The van der Waals surface area contributed by atoms with Gasteiger partial charge >= 0.3 is 5.97 Å². The molecule has 1 aliphatic heterocycles. The Morgan fingerprint density at radius 2 is 1.58 bits per heavy atom. The number of nitrogens with zero attached hydrogens (tertiary/aromatic N) is 1. The maximum atomic E-state index is 13.2. The molecule has 0 saturated carbocycles. The van der Waals surface area contributed by atoms with Crippen LogP contribution in [0.5, 0.6) is 5.75 Å². The minimum atomic E-state index is -0.612. The molecular weight excluding hydrogens is 499 g/mol. The van der Waals surface area contributed by atoms with Gasteiger partial charge in [0.15, 0.2) is 0 Å². The highest BCUT2D eigenvalue weighted by Crippen LogP contribution is 2.34. The fraction of sp³-hybridized carbons (Fsp3) is 0.0357. The Morgan fingerprint density at radius 1 is 0.861 bits per heavy atom. The molecule has 0 saturated heterocycles. The maximum absolute atomic E-state index is 13.2. The zero-order valence-corrected chi connectivity index (χ0v) is 20.4. The number of imide groups is 1. The summed E-state index contributed by atoms with van der Waals surface area (Å²) in [7, 11) is 0. The average molecular weight is 517 g/mol. The lowest BCUT2D eigenvalue weighted by Crippen LogP contribution is -2.32. The molecule has 0 spiro atoms. The average Bonchev–Trinajstić information content (AvgIpc) is 3.09. The third-order valence-electron chi connectivity index (χ3n) is 5.76. The molecule has 2 amide bonds. The van der Waals surface area contributed by atoms with Gasteiger partial charge in [0, 0.05) is 16.1 Å².